The number of nitrogens with zero attached hydrogens (tertiary/aromatic N) is 2. The lowest BCUT2D eigenvalue weighted by Gasteiger charge is -2.20. The van der Waals surface area contributed by atoms with Crippen molar-refractivity contribution in [3.8, 4) is 0 Å². The maximum absolute atomic E-state index is 5.61. The second kappa shape index (κ2) is 4.26. The molecule has 0 aromatic carbocycles. The Balaban J connectivity index is 2.04. The molecular formula is C10H16N6. The van der Waals surface area contributed by atoms with Crippen LogP contribution >= 0.6 is 0 Å². The van der Waals surface area contributed by atoms with E-state index in [9.17, 15) is 0 Å². The van der Waals surface area contributed by atoms with Crippen LogP contribution in [0.3, 0.4) is 0 Å². The molecule has 6 nitrogen and oxygen atoms in total. The van der Waals surface area contributed by atoms with E-state index in [4.69, 9.17) is 5.73 Å². The highest BCUT2D eigenvalue weighted by Crippen LogP contribution is 2.07. The van der Waals surface area contributed by atoms with Gasteiger partial charge in [0.25, 0.3) is 0 Å². The average molecular weight is 220 g/mol. The van der Waals surface area contributed by atoms with Gasteiger partial charge in [-0.05, 0) is 25.0 Å². The van der Waals surface area contributed by atoms with Crippen molar-refractivity contribution in [1.82, 2.24) is 15.6 Å². The third-order valence-electron chi connectivity index (χ3n) is 2.40. The van der Waals surface area contributed by atoms with Gasteiger partial charge in [-0.1, -0.05) is 0 Å². The number of aromatic nitrogens is 1. The lowest BCUT2D eigenvalue weighted by atomic mass is 10.2. The van der Waals surface area contributed by atoms with Crippen LogP contribution in [0.2, 0.25) is 0 Å². The van der Waals surface area contributed by atoms with Crippen LogP contribution in [-0.4, -0.2) is 23.1 Å². The summed E-state index contributed by atoms with van der Waals surface area (Å²) < 4.78 is 0. The molecule has 5 N–H and O–H groups in total. The Morgan fingerprint density at radius 1 is 1.50 bits per heavy atom. The molecule has 2 rings (SSSR count). The van der Waals surface area contributed by atoms with Gasteiger partial charge in [-0.15, -0.1) is 0 Å². The number of aromatic amines is 1. The molecule has 1 atom stereocenters. The van der Waals surface area contributed by atoms with Crippen molar-refractivity contribution in [2.24, 2.45) is 15.7 Å². The van der Waals surface area contributed by atoms with Crippen LogP contribution < -0.4 is 16.4 Å². The van der Waals surface area contributed by atoms with Crippen molar-refractivity contribution in [3.05, 3.63) is 23.5 Å². The molecule has 1 aliphatic rings. The number of H-pyrrole nitrogens is 1. The van der Waals surface area contributed by atoms with Gasteiger partial charge in [0.05, 0.1) is 6.54 Å². The highest BCUT2D eigenvalue weighted by molar-refractivity contribution is 5.99. The molecule has 0 saturated carbocycles. The first-order valence-corrected chi connectivity index (χ1v) is 5.18. The number of nitrogens with two attached hydrogens (primary N) is 1. The first-order valence-electron chi connectivity index (χ1n) is 5.18. The van der Waals surface area contributed by atoms with Gasteiger partial charge in [-0.25, -0.2) is 9.98 Å². The van der Waals surface area contributed by atoms with Crippen molar-refractivity contribution in [2.75, 3.05) is 0 Å². The fourth-order valence-electron chi connectivity index (χ4n) is 1.52. The summed E-state index contributed by atoms with van der Waals surface area (Å²) in [5.74, 6) is 1.07. The first-order chi connectivity index (χ1) is 7.65. The largest absolute Gasteiger partial charge is 0.370 e. The van der Waals surface area contributed by atoms with Gasteiger partial charge in [0.2, 0.25) is 0 Å². The molecule has 1 unspecified atom stereocenters. The Morgan fingerprint density at radius 3 is 2.94 bits per heavy atom. The number of hydrogen-bond donors (Lipinski definition) is 4. The maximum Gasteiger partial charge on any atom is 0.200 e. The van der Waals surface area contributed by atoms with Gasteiger partial charge < -0.3 is 16.0 Å². The van der Waals surface area contributed by atoms with Crippen molar-refractivity contribution < 1.29 is 0 Å². The van der Waals surface area contributed by atoms with E-state index in [2.05, 4.69) is 25.6 Å². The summed E-state index contributed by atoms with van der Waals surface area (Å²) in [7, 11) is 0. The number of aliphatic imine (C=N–C) groups is 2. The van der Waals surface area contributed by atoms with Crippen LogP contribution in [0.25, 0.3) is 0 Å². The highest BCUT2D eigenvalue weighted by Gasteiger charge is 2.11. The average Bonchev–Trinajstić information content (AvgIpc) is 2.59. The van der Waals surface area contributed by atoms with Crippen molar-refractivity contribution in [1.29, 1.82) is 0 Å². The van der Waals surface area contributed by atoms with Gasteiger partial charge >= 0.3 is 0 Å². The highest BCUT2D eigenvalue weighted by atomic mass is 15.3. The summed E-state index contributed by atoms with van der Waals surface area (Å²) in [6.07, 6.45) is 3.87. The molecule has 0 bridgehead atoms. The van der Waals surface area contributed by atoms with Crippen molar-refractivity contribution in [2.45, 2.75) is 26.6 Å². The summed E-state index contributed by atoms with van der Waals surface area (Å²) >= 11 is 0. The zero-order valence-electron chi connectivity index (χ0n) is 9.41. The van der Waals surface area contributed by atoms with Crippen LogP contribution in [-0.2, 0) is 6.54 Å². The van der Waals surface area contributed by atoms with Gasteiger partial charge in [0.1, 0.15) is 6.17 Å². The number of nitrogens with one attached hydrogen (secondary N) is 3. The third kappa shape index (κ3) is 2.33. The Kier molecular flexibility index (Phi) is 2.80. The van der Waals surface area contributed by atoms with Crippen LogP contribution in [0.1, 0.15) is 18.1 Å². The predicted molar refractivity (Wildman–Crippen MR) is 64.0 cm³/mol. The van der Waals surface area contributed by atoms with Gasteiger partial charge in [-0.3, -0.25) is 5.32 Å². The summed E-state index contributed by atoms with van der Waals surface area (Å²) in [4.78, 5) is 11.5. The molecule has 1 aliphatic heterocycles. The quantitative estimate of drug-likeness (QED) is 0.567. The molecule has 0 spiro atoms. The summed E-state index contributed by atoms with van der Waals surface area (Å²) in [6, 6.07) is 0. The fraction of sp³-hybridized carbons (Fsp3) is 0.400. The Morgan fingerprint density at radius 2 is 2.31 bits per heavy atom. The van der Waals surface area contributed by atoms with E-state index in [1.807, 2.05) is 26.2 Å². The van der Waals surface area contributed by atoms with E-state index in [1.165, 1.54) is 11.1 Å². The minimum absolute atomic E-state index is 0.0349. The van der Waals surface area contributed by atoms with Crippen LogP contribution in [0.15, 0.2) is 22.4 Å². The molecule has 0 amide bonds. The molecular weight excluding hydrogens is 204 g/mol. The summed E-state index contributed by atoms with van der Waals surface area (Å²) in [6.45, 7) is 4.58. The Labute approximate surface area is 94.1 Å². The second-order valence-electron chi connectivity index (χ2n) is 3.79. The molecule has 0 radical (unpaired) electrons. The minimum atomic E-state index is -0.0349. The smallest absolute Gasteiger partial charge is 0.200 e. The van der Waals surface area contributed by atoms with E-state index in [0.29, 0.717) is 18.5 Å². The van der Waals surface area contributed by atoms with Crippen molar-refractivity contribution in [3.63, 3.8) is 0 Å². The van der Waals surface area contributed by atoms with Gasteiger partial charge in [0.15, 0.2) is 11.9 Å². The van der Waals surface area contributed by atoms with Crippen LogP contribution in [0, 0.1) is 6.92 Å². The van der Waals surface area contributed by atoms with E-state index in [1.54, 1.807) is 0 Å². The lowest BCUT2D eigenvalue weighted by Crippen LogP contribution is -2.52. The third-order valence-corrected chi connectivity index (χ3v) is 2.40. The standard InChI is InChI=1S/C10H16N6/c1-6-3-12-4-8(6)5-13-10-15-7(2)14-9(11)16-10/h3-4,7,12H,5H2,1-2H3,(H4,11,13,14,15,16). The molecule has 2 heterocycles. The van der Waals surface area contributed by atoms with E-state index in [0.717, 1.165) is 0 Å². The SMILES string of the molecule is Cc1c[nH]cc1CN=C1NC(N)=NC(C)N1. The van der Waals surface area contributed by atoms with Gasteiger partial charge in [0, 0.05) is 12.4 Å². The molecule has 1 aromatic heterocycles. The number of guanidine groups is 2. The van der Waals surface area contributed by atoms with Crippen LogP contribution in [0.4, 0.5) is 0 Å². The zero-order valence-corrected chi connectivity index (χ0v) is 9.41. The Hall–Kier alpha value is -1.98. The summed E-state index contributed by atoms with van der Waals surface area (Å²) in [5, 5.41) is 5.97. The normalized spacial score (nSPS) is 22.5. The van der Waals surface area contributed by atoms with E-state index in [-0.39, 0.29) is 6.17 Å². The lowest BCUT2D eigenvalue weighted by molar-refractivity contribution is 0.663. The monoisotopic (exact) mass is 220 g/mol. The van der Waals surface area contributed by atoms with E-state index < -0.39 is 0 Å². The molecule has 0 saturated heterocycles. The van der Waals surface area contributed by atoms with Crippen molar-refractivity contribution >= 4 is 11.9 Å². The molecule has 1 aromatic rings. The number of aryl methyl sites for hydroxylation is 1. The van der Waals surface area contributed by atoms with Crippen LogP contribution in [0.5, 0.6) is 0 Å². The number of rotatable bonds is 2. The molecule has 0 fully saturated rings. The predicted octanol–water partition coefficient (Wildman–Crippen LogP) is 0.0326. The van der Waals surface area contributed by atoms with Gasteiger partial charge in [-0.2, -0.15) is 0 Å². The number of hydrogen-bond acceptors (Lipinski definition) is 3. The molecule has 16 heavy (non-hydrogen) atoms. The van der Waals surface area contributed by atoms with E-state index >= 15 is 0 Å². The molecule has 86 valence electrons. The topological polar surface area (TPSA) is 90.6 Å². The molecule has 0 aliphatic carbocycles. The maximum atomic E-state index is 5.61. The molecule has 6 heteroatoms. The minimum Gasteiger partial charge on any atom is -0.370 e. The Bertz CT molecular complexity index is 430. The first kappa shape index (κ1) is 10.5. The fourth-order valence-corrected chi connectivity index (χ4v) is 1.52. The zero-order chi connectivity index (χ0) is 11.5. The summed E-state index contributed by atoms with van der Waals surface area (Å²) in [5.41, 5.74) is 7.98. The second-order valence-corrected chi connectivity index (χ2v) is 3.79.